The van der Waals surface area contributed by atoms with Gasteiger partial charge in [0.15, 0.2) is 0 Å². The number of hydrogen-bond acceptors (Lipinski definition) is 3. The van der Waals surface area contributed by atoms with Crippen molar-refractivity contribution in [1.29, 1.82) is 0 Å². The Kier molecular flexibility index (Phi) is 6.75. The summed E-state index contributed by atoms with van der Waals surface area (Å²) in [4.78, 5) is 12.9. The summed E-state index contributed by atoms with van der Waals surface area (Å²) >= 11 is 0. The summed E-state index contributed by atoms with van der Waals surface area (Å²) in [5.41, 5.74) is 0. The largest absolute Gasteiger partial charge is 0.401 e. The molecule has 2 N–H and O–H groups in total. The minimum Gasteiger partial charge on any atom is -0.355 e. The van der Waals surface area contributed by atoms with E-state index in [4.69, 9.17) is 0 Å². The third-order valence-electron chi connectivity index (χ3n) is 3.25. The number of piperidine rings is 1. The smallest absolute Gasteiger partial charge is 0.355 e. The molecule has 7 heteroatoms. The van der Waals surface area contributed by atoms with E-state index in [0.29, 0.717) is 38.4 Å². The predicted octanol–water partition coefficient (Wildman–Crippen LogP) is 1.37. The molecule has 1 rings (SSSR count). The first-order valence-electron chi connectivity index (χ1n) is 7.05. The maximum absolute atomic E-state index is 12.2. The molecule has 4 nitrogen and oxygen atoms in total. The summed E-state index contributed by atoms with van der Waals surface area (Å²) in [6.07, 6.45) is -2.84. The summed E-state index contributed by atoms with van der Waals surface area (Å²) in [6, 6.07) is 0.129. The fourth-order valence-electron chi connectivity index (χ4n) is 2.17. The Morgan fingerprint density at radius 2 is 1.90 bits per heavy atom. The van der Waals surface area contributed by atoms with Crippen molar-refractivity contribution >= 4 is 5.91 Å². The second-order valence-electron chi connectivity index (χ2n) is 5.74. The number of hydrogen-bond donors (Lipinski definition) is 2. The van der Waals surface area contributed by atoms with Crippen LogP contribution in [0.15, 0.2) is 0 Å². The van der Waals surface area contributed by atoms with Crippen molar-refractivity contribution < 1.29 is 18.0 Å². The molecule has 20 heavy (non-hydrogen) atoms. The molecule has 0 aliphatic carbocycles. The third kappa shape index (κ3) is 7.69. The van der Waals surface area contributed by atoms with E-state index in [0.717, 1.165) is 0 Å². The summed E-state index contributed by atoms with van der Waals surface area (Å²) in [6.45, 7) is 4.92. The van der Waals surface area contributed by atoms with E-state index in [1.165, 1.54) is 4.90 Å². The van der Waals surface area contributed by atoms with Gasteiger partial charge in [-0.15, -0.1) is 0 Å². The van der Waals surface area contributed by atoms with Crippen LogP contribution >= 0.6 is 0 Å². The van der Waals surface area contributed by atoms with Crippen LogP contribution in [0.3, 0.4) is 0 Å². The average Bonchev–Trinajstić information content (AvgIpc) is 2.33. The van der Waals surface area contributed by atoms with Crippen LogP contribution < -0.4 is 10.6 Å². The number of rotatable bonds is 6. The zero-order chi connectivity index (χ0) is 15.2. The number of amides is 1. The average molecular weight is 295 g/mol. The zero-order valence-electron chi connectivity index (χ0n) is 12.1. The highest BCUT2D eigenvalue weighted by atomic mass is 19.4. The third-order valence-corrected chi connectivity index (χ3v) is 3.25. The Balaban J connectivity index is 2.15. The number of nitrogens with zero attached hydrogens (tertiary/aromatic N) is 1. The Morgan fingerprint density at radius 1 is 1.30 bits per heavy atom. The Labute approximate surface area is 118 Å². The van der Waals surface area contributed by atoms with Gasteiger partial charge in [0.1, 0.15) is 0 Å². The number of carbonyl (C=O) groups excluding carboxylic acids is 1. The lowest BCUT2D eigenvalue weighted by Gasteiger charge is -2.32. The van der Waals surface area contributed by atoms with E-state index in [1.54, 1.807) is 0 Å². The molecule has 0 bridgehead atoms. The lowest BCUT2D eigenvalue weighted by Crippen LogP contribution is -2.47. The zero-order valence-corrected chi connectivity index (χ0v) is 12.1. The number of carbonyl (C=O) groups is 1. The maximum Gasteiger partial charge on any atom is 0.401 e. The van der Waals surface area contributed by atoms with Crippen molar-refractivity contribution in [1.82, 2.24) is 15.5 Å². The van der Waals surface area contributed by atoms with Crippen LogP contribution in [-0.2, 0) is 4.79 Å². The highest BCUT2D eigenvalue weighted by Gasteiger charge is 2.32. The fourth-order valence-corrected chi connectivity index (χ4v) is 2.17. The van der Waals surface area contributed by atoms with Crippen LogP contribution in [0, 0.1) is 5.92 Å². The van der Waals surface area contributed by atoms with Crippen LogP contribution in [-0.4, -0.2) is 55.7 Å². The minimum absolute atomic E-state index is 0.0589. The second kappa shape index (κ2) is 7.83. The van der Waals surface area contributed by atoms with Gasteiger partial charge in [-0.3, -0.25) is 9.69 Å². The minimum atomic E-state index is -4.13. The highest BCUT2D eigenvalue weighted by molar-refractivity contribution is 5.77. The lowest BCUT2D eigenvalue weighted by molar-refractivity contribution is -0.148. The van der Waals surface area contributed by atoms with E-state index in [-0.39, 0.29) is 18.5 Å². The first-order valence-corrected chi connectivity index (χ1v) is 7.05. The van der Waals surface area contributed by atoms with Gasteiger partial charge >= 0.3 is 6.18 Å². The number of halogens is 3. The molecule has 0 unspecified atom stereocenters. The SMILES string of the molecule is CC(C)CNC(=O)CNC1CCN(CC(F)(F)F)CC1. The molecule has 0 atom stereocenters. The normalized spacial score (nSPS) is 18.5. The van der Waals surface area contributed by atoms with Gasteiger partial charge < -0.3 is 10.6 Å². The summed E-state index contributed by atoms with van der Waals surface area (Å²) < 4.78 is 36.7. The van der Waals surface area contributed by atoms with E-state index < -0.39 is 12.7 Å². The Bertz CT molecular complexity index is 300. The molecule has 0 aromatic heterocycles. The van der Waals surface area contributed by atoms with Crippen molar-refractivity contribution in [3.63, 3.8) is 0 Å². The quantitative estimate of drug-likeness (QED) is 0.778. The maximum atomic E-state index is 12.2. The standard InChI is InChI=1S/C13H24F3N3O/c1-10(2)7-18-12(20)8-17-11-3-5-19(6-4-11)9-13(14,15)16/h10-11,17H,3-9H2,1-2H3,(H,18,20). The van der Waals surface area contributed by atoms with Crippen molar-refractivity contribution in [2.75, 3.05) is 32.7 Å². The molecule has 0 radical (unpaired) electrons. The molecule has 118 valence electrons. The predicted molar refractivity (Wildman–Crippen MR) is 71.4 cm³/mol. The van der Waals surface area contributed by atoms with E-state index in [2.05, 4.69) is 10.6 Å². The molecule has 0 spiro atoms. The number of nitrogens with one attached hydrogen (secondary N) is 2. The van der Waals surface area contributed by atoms with Crippen LogP contribution in [0.1, 0.15) is 26.7 Å². The van der Waals surface area contributed by atoms with Gasteiger partial charge in [-0.05, 0) is 31.8 Å². The van der Waals surface area contributed by atoms with Crippen LogP contribution in [0.25, 0.3) is 0 Å². The molecule has 1 amide bonds. The van der Waals surface area contributed by atoms with Crippen LogP contribution in [0.2, 0.25) is 0 Å². The van der Waals surface area contributed by atoms with Gasteiger partial charge in [-0.2, -0.15) is 13.2 Å². The lowest BCUT2D eigenvalue weighted by atomic mass is 10.1. The first kappa shape index (κ1) is 17.2. The van der Waals surface area contributed by atoms with E-state index >= 15 is 0 Å². The molecule has 1 aliphatic rings. The van der Waals surface area contributed by atoms with Crippen LogP contribution in [0.4, 0.5) is 13.2 Å². The molecular formula is C13H24F3N3O. The van der Waals surface area contributed by atoms with Crippen molar-refractivity contribution in [2.45, 2.75) is 38.9 Å². The molecule has 1 aliphatic heterocycles. The van der Waals surface area contributed by atoms with Gasteiger partial charge in [0.2, 0.25) is 5.91 Å². The topological polar surface area (TPSA) is 44.4 Å². The summed E-state index contributed by atoms with van der Waals surface area (Å²) in [7, 11) is 0. The number of alkyl halides is 3. The summed E-state index contributed by atoms with van der Waals surface area (Å²) in [5.74, 6) is 0.348. The molecule has 0 aromatic carbocycles. The van der Waals surface area contributed by atoms with E-state index in [9.17, 15) is 18.0 Å². The monoisotopic (exact) mass is 295 g/mol. The van der Waals surface area contributed by atoms with Crippen molar-refractivity contribution in [3.8, 4) is 0 Å². The van der Waals surface area contributed by atoms with Crippen LogP contribution in [0.5, 0.6) is 0 Å². The molecule has 1 saturated heterocycles. The van der Waals surface area contributed by atoms with Crippen molar-refractivity contribution in [3.05, 3.63) is 0 Å². The fraction of sp³-hybridized carbons (Fsp3) is 0.923. The molecule has 0 saturated carbocycles. The summed E-state index contributed by atoms with van der Waals surface area (Å²) in [5, 5.41) is 5.91. The molecular weight excluding hydrogens is 271 g/mol. The van der Waals surface area contributed by atoms with E-state index in [1.807, 2.05) is 13.8 Å². The van der Waals surface area contributed by atoms with Gasteiger partial charge in [-0.1, -0.05) is 13.8 Å². The molecule has 0 aromatic rings. The number of likely N-dealkylation sites (tertiary alicyclic amines) is 1. The van der Waals surface area contributed by atoms with Gasteiger partial charge in [0.25, 0.3) is 0 Å². The highest BCUT2D eigenvalue weighted by Crippen LogP contribution is 2.19. The Morgan fingerprint density at radius 3 is 2.40 bits per heavy atom. The molecule has 1 heterocycles. The molecule has 1 fully saturated rings. The van der Waals surface area contributed by atoms with Crippen molar-refractivity contribution in [2.24, 2.45) is 5.92 Å². The Hall–Kier alpha value is -0.820. The van der Waals surface area contributed by atoms with Gasteiger partial charge in [-0.25, -0.2) is 0 Å². The van der Waals surface area contributed by atoms with Gasteiger partial charge in [0, 0.05) is 12.6 Å². The second-order valence-corrected chi connectivity index (χ2v) is 5.74. The van der Waals surface area contributed by atoms with Gasteiger partial charge in [0.05, 0.1) is 13.1 Å². The first-order chi connectivity index (χ1) is 9.26.